The highest BCUT2D eigenvalue weighted by atomic mass is 16.2. The molecule has 0 radical (unpaired) electrons. The lowest BCUT2D eigenvalue weighted by molar-refractivity contribution is -0.133. The Bertz CT molecular complexity index is 271. The predicted octanol–water partition coefficient (Wildman–Crippen LogP) is 2.07. The number of amides is 1. The van der Waals surface area contributed by atoms with Crippen molar-refractivity contribution in [3.8, 4) is 0 Å². The van der Waals surface area contributed by atoms with E-state index in [-0.39, 0.29) is 5.41 Å². The maximum absolute atomic E-state index is 12.5. The molecule has 0 aromatic heterocycles. The molecular weight excluding hydrogens is 212 g/mol. The zero-order valence-electron chi connectivity index (χ0n) is 11.2. The molecule has 3 nitrogen and oxygen atoms in total. The monoisotopic (exact) mass is 238 g/mol. The number of nitrogens with one attached hydrogen (secondary N) is 2. The Balaban J connectivity index is 1.92. The van der Waals surface area contributed by atoms with Gasteiger partial charge in [0.05, 0.1) is 5.41 Å². The minimum Gasteiger partial charge on any atom is -0.353 e. The molecule has 17 heavy (non-hydrogen) atoms. The van der Waals surface area contributed by atoms with Crippen LogP contribution >= 0.6 is 0 Å². The van der Waals surface area contributed by atoms with Gasteiger partial charge in [-0.3, -0.25) is 4.79 Å². The van der Waals surface area contributed by atoms with Gasteiger partial charge in [-0.25, -0.2) is 0 Å². The van der Waals surface area contributed by atoms with Gasteiger partial charge in [0.2, 0.25) is 5.91 Å². The molecule has 1 heterocycles. The maximum Gasteiger partial charge on any atom is 0.226 e. The smallest absolute Gasteiger partial charge is 0.226 e. The molecule has 0 spiro atoms. The van der Waals surface area contributed by atoms with Gasteiger partial charge in [-0.2, -0.15) is 0 Å². The molecule has 1 saturated heterocycles. The van der Waals surface area contributed by atoms with Gasteiger partial charge in [-0.15, -0.1) is 0 Å². The summed E-state index contributed by atoms with van der Waals surface area (Å²) in [6.45, 7) is 6.42. The molecule has 1 amide bonds. The van der Waals surface area contributed by atoms with Gasteiger partial charge >= 0.3 is 0 Å². The first-order valence-electron chi connectivity index (χ1n) is 7.18. The van der Waals surface area contributed by atoms with Crippen LogP contribution in [-0.4, -0.2) is 25.0 Å². The second-order valence-electron chi connectivity index (χ2n) is 5.97. The summed E-state index contributed by atoms with van der Waals surface area (Å²) in [5, 5.41) is 6.65. The second-order valence-corrected chi connectivity index (χ2v) is 5.97. The summed E-state index contributed by atoms with van der Waals surface area (Å²) >= 11 is 0. The Morgan fingerprint density at radius 3 is 2.59 bits per heavy atom. The number of carbonyl (C=O) groups is 1. The zero-order chi connectivity index (χ0) is 12.3. The van der Waals surface area contributed by atoms with E-state index < -0.39 is 0 Å². The highest BCUT2D eigenvalue weighted by Crippen LogP contribution is 2.34. The fourth-order valence-electron chi connectivity index (χ4n) is 3.32. The number of hydrogen-bond donors (Lipinski definition) is 2. The van der Waals surface area contributed by atoms with Crippen LogP contribution in [0.2, 0.25) is 0 Å². The molecule has 3 heteroatoms. The summed E-state index contributed by atoms with van der Waals surface area (Å²) in [7, 11) is 0. The van der Waals surface area contributed by atoms with Crippen LogP contribution in [-0.2, 0) is 4.79 Å². The summed E-state index contributed by atoms with van der Waals surface area (Å²) in [6, 6.07) is 0.441. The molecule has 0 bridgehead atoms. The third kappa shape index (κ3) is 2.82. The van der Waals surface area contributed by atoms with Crippen molar-refractivity contribution in [1.29, 1.82) is 0 Å². The molecule has 98 valence electrons. The van der Waals surface area contributed by atoms with E-state index in [0.29, 0.717) is 11.9 Å². The van der Waals surface area contributed by atoms with E-state index >= 15 is 0 Å². The lowest BCUT2D eigenvalue weighted by Crippen LogP contribution is -2.49. The second kappa shape index (κ2) is 5.38. The summed E-state index contributed by atoms with van der Waals surface area (Å²) in [6.07, 6.45) is 6.58. The molecule has 1 aliphatic carbocycles. The van der Waals surface area contributed by atoms with Gasteiger partial charge in [0.25, 0.3) is 0 Å². The van der Waals surface area contributed by atoms with E-state index in [4.69, 9.17) is 0 Å². The number of rotatable bonds is 3. The SMILES string of the molecule is CCC1(C(=O)NC2CCC(C)C2)CCNCC1. The Morgan fingerprint density at radius 2 is 2.06 bits per heavy atom. The number of carbonyl (C=O) groups excluding carboxylic acids is 1. The van der Waals surface area contributed by atoms with Crippen LogP contribution in [0.3, 0.4) is 0 Å². The fourth-order valence-corrected chi connectivity index (χ4v) is 3.32. The highest BCUT2D eigenvalue weighted by molar-refractivity contribution is 5.83. The number of hydrogen-bond acceptors (Lipinski definition) is 2. The molecule has 2 atom stereocenters. The van der Waals surface area contributed by atoms with Crippen LogP contribution in [0.4, 0.5) is 0 Å². The molecule has 1 aliphatic heterocycles. The summed E-state index contributed by atoms with van der Waals surface area (Å²) in [5.74, 6) is 1.10. The van der Waals surface area contributed by atoms with Crippen molar-refractivity contribution >= 4 is 5.91 Å². The van der Waals surface area contributed by atoms with Crippen molar-refractivity contribution in [3.63, 3.8) is 0 Å². The van der Waals surface area contributed by atoms with Crippen molar-refractivity contribution < 1.29 is 4.79 Å². The van der Waals surface area contributed by atoms with E-state index in [1.165, 1.54) is 19.3 Å². The van der Waals surface area contributed by atoms with Crippen LogP contribution in [0.1, 0.15) is 52.4 Å². The van der Waals surface area contributed by atoms with Crippen LogP contribution in [0.5, 0.6) is 0 Å². The predicted molar refractivity (Wildman–Crippen MR) is 69.8 cm³/mol. The molecule has 2 N–H and O–H groups in total. The summed E-state index contributed by atoms with van der Waals surface area (Å²) < 4.78 is 0. The minimum absolute atomic E-state index is 0.0862. The fraction of sp³-hybridized carbons (Fsp3) is 0.929. The van der Waals surface area contributed by atoms with Gasteiger partial charge in [0, 0.05) is 6.04 Å². The van der Waals surface area contributed by atoms with E-state index in [2.05, 4.69) is 24.5 Å². The molecule has 2 fully saturated rings. The molecule has 1 saturated carbocycles. The van der Waals surface area contributed by atoms with Gasteiger partial charge in [-0.1, -0.05) is 13.8 Å². The molecule has 2 unspecified atom stereocenters. The van der Waals surface area contributed by atoms with E-state index in [1.807, 2.05) is 0 Å². The standard InChI is InChI=1S/C14H26N2O/c1-3-14(6-8-15-9-7-14)13(17)16-12-5-4-11(2)10-12/h11-12,15H,3-10H2,1-2H3,(H,16,17). The lowest BCUT2D eigenvalue weighted by atomic mass is 9.75. The molecule has 2 aliphatic rings. The molecule has 0 aromatic rings. The van der Waals surface area contributed by atoms with Crippen LogP contribution < -0.4 is 10.6 Å². The van der Waals surface area contributed by atoms with Gasteiger partial charge < -0.3 is 10.6 Å². The summed E-state index contributed by atoms with van der Waals surface area (Å²) in [5.41, 5.74) is -0.0862. The third-order valence-corrected chi connectivity index (χ3v) is 4.75. The van der Waals surface area contributed by atoms with Crippen molar-refractivity contribution in [2.24, 2.45) is 11.3 Å². The Kier molecular flexibility index (Phi) is 4.08. The minimum atomic E-state index is -0.0862. The Labute approximate surface area is 105 Å². The van der Waals surface area contributed by atoms with Crippen molar-refractivity contribution in [2.45, 2.75) is 58.4 Å². The van der Waals surface area contributed by atoms with Crippen molar-refractivity contribution in [2.75, 3.05) is 13.1 Å². The first kappa shape index (κ1) is 12.9. The zero-order valence-corrected chi connectivity index (χ0v) is 11.2. The highest BCUT2D eigenvalue weighted by Gasteiger charge is 2.39. The largest absolute Gasteiger partial charge is 0.353 e. The number of piperidine rings is 1. The molecule has 2 rings (SSSR count). The maximum atomic E-state index is 12.5. The topological polar surface area (TPSA) is 41.1 Å². The van der Waals surface area contributed by atoms with Gasteiger partial charge in [0.15, 0.2) is 0 Å². The Morgan fingerprint density at radius 1 is 1.35 bits per heavy atom. The third-order valence-electron chi connectivity index (χ3n) is 4.75. The van der Waals surface area contributed by atoms with Crippen LogP contribution in [0, 0.1) is 11.3 Å². The van der Waals surface area contributed by atoms with E-state index in [9.17, 15) is 4.79 Å². The normalized spacial score (nSPS) is 32.4. The van der Waals surface area contributed by atoms with Crippen LogP contribution in [0.25, 0.3) is 0 Å². The molecule has 0 aromatic carbocycles. The van der Waals surface area contributed by atoms with Crippen LogP contribution in [0.15, 0.2) is 0 Å². The quantitative estimate of drug-likeness (QED) is 0.790. The van der Waals surface area contributed by atoms with E-state index in [1.54, 1.807) is 0 Å². The van der Waals surface area contributed by atoms with Gasteiger partial charge in [-0.05, 0) is 57.5 Å². The van der Waals surface area contributed by atoms with Gasteiger partial charge in [0.1, 0.15) is 0 Å². The first-order valence-corrected chi connectivity index (χ1v) is 7.18. The lowest BCUT2D eigenvalue weighted by Gasteiger charge is -2.36. The van der Waals surface area contributed by atoms with E-state index in [0.717, 1.165) is 38.3 Å². The first-order chi connectivity index (χ1) is 8.16. The average molecular weight is 238 g/mol. The Hall–Kier alpha value is -0.570. The summed E-state index contributed by atoms with van der Waals surface area (Å²) in [4.78, 5) is 12.5. The average Bonchev–Trinajstić information content (AvgIpc) is 2.75. The van der Waals surface area contributed by atoms with Crippen molar-refractivity contribution in [1.82, 2.24) is 10.6 Å². The van der Waals surface area contributed by atoms with Crippen molar-refractivity contribution in [3.05, 3.63) is 0 Å². The molecular formula is C14H26N2O.